The summed E-state index contributed by atoms with van der Waals surface area (Å²) in [5, 5.41) is 108. The first-order chi connectivity index (χ1) is 49.3. The van der Waals surface area contributed by atoms with Crippen molar-refractivity contribution in [2.24, 2.45) is 23.7 Å². The number of furan rings is 1. The third-order valence-electron chi connectivity index (χ3n) is 24.3. The minimum absolute atomic E-state index is 0.0405. The summed E-state index contributed by atoms with van der Waals surface area (Å²) in [4.78, 5) is 80.1. The van der Waals surface area contributed by atoms with Crippen molar-refractivity contribution in [2.75, 3.05) is 45.9 Å². The summed E-state index contributed by atoms with van der Waals surface area (Å²) in [6.45, 7) is 11.8. The van der Waals surface area contributed by atoms with Gasteiger partial charge in [-0.2, -0.15) is 0 Å². The molecule has 24 heteroatoms. The molecular weight excluding hydrogens is 1320 g/mol. The smallest absolute Gasteiger partial charge is 0.332 e. The molecule has 10 N–H and O–H groups in total. The molecule has 4 aromatic carbocycles. The lowest BCUT2D eigenvalue weighted by atomic mass is 9.67. The minimum Gasteiger partial charge on any atom is -0.633 e. The van der Waals surface area contributed by atoms with Crippen LogP contribution in [0.1, 0.15) is 171 Å². The number of carboxylic acids is 1. The molecule has 1 unspecified atom stereocenters. The molecule has 6 aromatic rings. The number of hydrogen-bond acceptors (Lipinski definition) is 20. The van der Waals surface area contributed by atoms with Crippen molar-refractivity contribution in [2.45, 2.75) is 203 Å². The molecule has 552 valence electrons. The van der Waals surface area contributed by atoms with E-state index in [0.717, 1.165) is 125 Å². The number of carbonyl (C=O) groups is 5. The summed E-state index contributed by atoms with van der Waals surface area (Å²) >= 11 is 0. The molecule has 11 aliphatic rings. The van der Waals surface area contributed by atoms with Gasteiger partial charge in [-0.25, -0.2) is 4.79 Å². The highest BCUT2D eigenvalue weighted by Gasteiger charge is 2.56. The third kappa shape index (κ3) is 14.0. The predicted octanol–water partition coefficient (Wildman–Crippen LogP) is 8.48. The molecule has 0 bridgehead atoms. The predicted molar refractivity (Wildman–Crippen MR) is 377 cm³/mol. The van der Waals surface area contributed by atoms with Crippen molar-refractivity contribution >= 4 is 40.3 Å². The number of fused-ring (bicyclic) bond motifs is 10. The molecule has 17 rings (SSSR count). The van der Waals surface area contributed by atoms with Gasteiger partial charge in [0.05, 0.1) is 54.1 Å². The number of ketones is 2. The standard InChI is InChI=1S/C21H20O9.C19H18O3.C15H24N2O2.C15H24N2O.C9H10O5/c22-7-14-17(26)18(27)19(28)21(30-14)15-13(24)6-5-11-16(25)12(8-29-20(11)15)9-1-3-10(23)4-2-9;1-10-9-22-18-12-6-7-13-11(5-4-8-19(13,2)3)15(12)17(21)16(20)14(10)18;18-14-7-1-6-13-12-5-3-9-17(19)8-2-4-11(15(12)17)10-16(13)14;18-14-7-1-6-13-12-5-3-9-16-8-2-4-11(15(12)16)10-17(13)14;10-6-2-1-5(3-7(6)11)4-8(12)9(13)14/h1-6,8,14,17-19,21-24,26-28H,7H2;6-7,9H,4-5,8H2,1-3H3;11-13,15H,1-10H2;11-13,15H,1-10H2;1-3,8,10-12H,4H2,(H,13,14)/t14-,17-,18+,19-,21+;;11-,12+,13+,15-,17?;11-,12+,13+,15-;8-/m1.001/s1. The number of hydroxylamine groups is 3. The first-order valence-electron chi connectivity index (χ1n) is 36.8. The van der Waals surface area contributed by atoms with E-state index in [1.165, 1.54) is 112 Å². The summed E-state index contributed by atoms with van der Waals surface area (Å²) in [6.07, 6.45) is 12.7. The van der Waals surface area contributed by atoms with E-state index in [-0.39, 0.29) is 67.4 Å². The number of Topliss-reactive ketones (excluding diaryl/α,β-unsaturated/α-hetero) is 2. The molecule has 0 saturated carbocycles. The van der Waals surface area contributed by atoms with Crippen molar-refractivity contribution in [3.63, 3.8) is 0 Å². The van der Waals surface area contributed by atoms with Crippen LogP contribution in [0.15, 0.2) is 92.9 Å². The van der Waals surface area contributed by atoms with Gasteiger partial charge in [-0.1, -0.05) is 44.2 Å². The summed E-state index contributed by atoms with van der Waals surface area (Å²) < 4.78 is 16.8. The summed E-state index contributed by atoms with van der Waals surface area (Å²) in [5.74, 6) is 0.869. The number of carbonyl (C=O) groups excluding carboxylic acids is 4. The fourth-order valence-corrected chi connectivity index (χ4v) is 19.5. The Morgan fingerprint density at radius 1 is 0.670 bits per heavy atom. The van der Waals surface area contributed by atoms with Gasteiger partial charge in [0.2, 0.25) is 28.8 Å². The monoisotopic (exact) mass is 1420 g/mol. The number of piperidine rings is 8. The largest absolute Gasteiger partial charge is 0.633 e. The van der Waals surface area contributed by atoms with Crippen LogP contribution in [-0.2, 0) is 37.4 Å². The zero-order valence-corrected chi connectivity index (χ0v) is 58.6. The molecule has 103 heavy (non-hydrogen) atoms. The number of amides is 2. The average molecular weight is 1420 g/mol. The maximum absolute atomic E-state index is 13.1. The number of aliphatic hydroxyl groups excluding tert-OH is 5. The van der Waals surface area contributed by atoms with E-state index in [0.29, 0.717) is 69.8 Å². The number of phenolic OH excluding ortho intramolecular Hbond substituents is 4. The Balaban J connectivity index is 0.000000117. The fourth-order valence-electron chi connectivity index (χ4n) is 19.5. The first kappa shape index (κ1) is 73.3. The lowest BCUT2D eigenvalue weighted by molar-refractivity contribution is -0.925. The molecule has 0 radical (unpaired) electrons. The van der Waals surface area contributed by atoms with Crippen LogP contribution in [0, 0.1) is 35.8 Å². The quantitative estimate of drug-likeness (QED) is 0.0323. The van der Waals surface area contributed by atoms with Crippen LogP contribution in [-0.4, -0.2) is 200 Å². The number of quaternary nitrogens is 1. The zero-order valence-electron chi connectivity index (χ0n) is 58.6. The van der Waals surface area contributed by atoms with Crippen LogP contribution in [0.5, 0.6) is 23.0 Å². The van der Waals surface area contributed by atoms with E-state index >= 15 is 0 Å². The SMILES string of the molecule is Cc1coc2c1C(=O)C(=O)c1c-2ccc2c1CCCC2(C)C.O=C(O)[C@H](O)Cc1ccc(O)c(O)c1.O=C1CCC[C@@H]2[C@H]3CCCN4CCC[C@@H](CN12)[C@@H]34.O=C1CCC[C@@H]2[C@H]3CCC[N+]4([O-])CCC[C@@H](CN12)[C@@H]34.O=c1c(-c2ccc(O)cc2)coc2c([C@@H]3O[C@H](CO)[C@@H](O)[C@H](O)[C@H]3O)c(O)ccc12. The highest BCUT2D eigenvalue weighted by Crippen LogP contribution is 2.50. The Hall–Kier alpha value is -8.04. The molecule has 2 aromatic heterocycles. The molecular formula is C79H96N4O20. The molecule has 9 fully saturated rings. The van der Waals surface area contributed by atoms with E-state index in [4.69, 9.17) is 34.0 Å². The second-order valence-corrected chi connectivity index (χ2v) is 30.9. The van der Waals surface area contributed by atoms with Crippen molar-refractivity contribution in [1.29, 1.82) is 0 Å². The van der Waals surface area contributed by atoms with Crippen molar-refractivity contribution in [1.82, 2.24) is 14.7 Å². The molecule has 9 aliphatic heterocycles. The van der Waals surface area contributed by atoms with Crippen LogP contribution >= 0.6 is 0 Å². The summed E-state index contributed by atoms with van der Waals surface area (Å²) in [5.41, 5.74) is 5.42. The van der Waals surface area contributed by atoms with Crippen LogP contribution in [0.3, 0.4) is 0 Å². The molecule has 24 nitrogen and oxygen atoms in total. The van der Waals surface area contributed by atoms with Crippen LogP contribution < -0.4 is 5.43 Å². The van der Waals surface area contributed by atoms with Gasteiger partial charge in [-0.05, 0) is 198 Å². The lowest BCUT2D eigenvalue weighted by Gasteiger charge is -2.64. The molecule has 11 heterocycles. The van der Waals surface area contributed by atoms with E-state index in [9.17, 15) is 64.6 Å². The molecule has 9 saturated heterocycles. The Kier molecular flexibility index (Phi) is 21.2. The van der Waals surface area contributed by atoms with Gasteiger partial charge < -0.3 is 84.3 Å². The number of nitrogens with zero attached hydrogens (tertiary/aromatic N) is 4. The van der Waals surface area contributed by atoms with Gasteiger partial charge in [0.15, 0.2) is 17.6 Å². The number of phenols is 4. The lowest BCUT2D eigenvalue weighted by Crippen LogP contribution is -2.71. The van der Waals surface area contributed by atoms with E-state index in [1.54, 1.807) is 25.3 Å². The number of hydrogen-bond donors (Lipinski definition) is 10. The number of aryl methyl sites for hydroxylation is 1. The molecule has 0 spiro atoms. The average Bonchev–Trinajstić information content (AvgIpc) is 1.66. The van der Waals surface area contributed by atoms with Gasteiger partial charge in [-0.15, -0.1) is 0 Å². The molecule has 2 amide bonds. The van der Waals surface area contributed by atoms with Crippen molar-refractivity contribution in [3.8, 4) is 45.4 Å². The summed E-state index contributed by atoms with van der Waals surface area (Å²) in [6, 6.07) is 18.6. The number of ether oxygens (including phenoxy) is 1. The topological polar surface area (TPSA) is 373 Å². The second-order valence-electron chi connectivity index (χ2n) is 30.9. The molecule has 2 aliphatic carbocycles. The summed E-state index contributed by atoms with van der Waals surface area (Å²) in [7, 11) is 0. The van der Waals surface area contributed by atoms with Gasteiger partial charge in [0.25, 0.3) is 0 Å². The van der Waals surface area contributed by atoms with Gasteiger partial charge in [0.1, 0.15) is 59.6 Å². The normalized spacial score (nSPS) is 30.4. The fraction of sp³-hybridized carbons (Fsp3) is 0.544. The van der Waals surface area contributed by atoms with Crippen molar-refractivity contribution < 1.29 is 93.3 Å². The van der Waals surface area contributed by atoms with E-state index in [1.807, 2.05) is 6.07 Å². The maximum Gasteiger partial charge on any atom is 0.332 e. The highest BCUT2D eigenvalue weighted by atomic mass is 16.6. The van der Waals surface area contributed by atoms with Gasteiger partial charge in [0, 0.05) is 73.4 Å². The number of benzene rings is 4. The zero-order chi connectivity index (χ0) is 73.1. The van der Waals surface area contributed by atoms with Crippen molar-refractivity contribution in [3.05, 3.63) is 134 Å². The van der Waals surface area contributed by atoms with Gasteiger partial charge in [-0.3, -0.25) is 28.9 Å². The van der Waals surface area contributed by atoms with E-state index < -0.39 is 60.4 Å². The third-order valence-corrected chi connectivity index (χ3v) is 24.3. The molecule has 15 atom stereocenters. The number of carboxylic acid groups (broad SMARTS) is 1. The van der Waals surface area contributed by atoms with Crippen LogP contribution in [0.25, 0.3) is 33.4 Å². The van der Waals surface area contributed by atoms with Gasteiger partial charge >= 0.3 is 5.97 Å². The number of aliphatic carboxylic acids is 1. The highest BCUT2D eigenvalue weighted by molar-refractivity contribution is 6.53. The number of aliphatic hydroxyl groups is 5. The number of aromatic hydroxyl groups is 4. The van der Waals surface area contributed by atoms with Crippen LogP contribution in [0.2, 0.25) is 0 Å². The van der Waals surface area contributed by atoms with Crippen LogP contribution in [0.4, 0.5) is 0 Å². The Morgan fingerprint density at radius 2 is 1.31 bits per heavy atom. The Labute approximate surface area is 596 Å². The Morgan fingerprint density at radius 3 is 2.00 bits per heavy atom. The minimum atomic E-state index is -1.65. The first-order valence-corrected chi connectivity index (χ1v) is 36.8. The maximum atomic E-state index is 13.1. The second kappa shape index (κ2) is 29.8. The van der Waals surface area contributed by atoms with E-state index in [2.05, 4.69) is 34.6 Å². The Bertz CT molecular complexity index is 4240. The number of rotatable bonds is 6.